The van der Waals surface area contributed by atoms with Crippen molar-refractivity contribution in [2.24, 2.45) is 0 Å². The van der Waals surface area contributed by atoms with Gasteiger partial charge in [0.05, 0.1) is 12.2 Å². The number of benzene rings is 1. The molecule has 3 rings (SSSR count). The molecule has 19 heavy (non-hydrogen) atoms. The van der Waals surface area contributed by atoms with Crippen LogP contribution in [-0.4, -0.2) is 20.0 Å². The molecule has 0 saturated carbocycles. The Labute approximate surface area is 113 Å². The number of nitrogens with zero attached hydrogens (tertiary/aromatic N) is 3. The molecule has 2 heterocycles. The van der Waals surface area contributed by atoms with E-state index in [1.54, 1.807) is 6.20 Å². The number of hydrogen-bond acceptors (Lipinski definition) is 2. The van der Waals surface area contributed by atoms with Gasteiger partial charge in [-0.3, -0.25) is 9.78 Å². The van der Waals surface area contributed by atoms with E-state index >= 15 is 0 Å². The number of H-pyrrole nitrogens is 1. The first-order chi connectivity index (χ1) is 9.24. The van der Waals surface area contributed by atoms with Gasteiger partial charge in [0.2, 0.25) is 0 Å². The third-order valence-corrected chi connectivity index (χ3v) is 2.60. The molecule has 0 aliphatic carbocycles. The van der Waals surface area contributed by atoms with Crippen molar-refractivity contribution in [3.05, 3.63) is 71.8 Å². The second-order valence-corrected chi connectivity index (χ2v) is 4.38. The lowest BCUT2D eigenvalue weighted by atomic mass is 10.2. The van der Waals surface area contributed by atoms with Gasteiger partial charge in [-0.15, -0.1) is 0 Å². The zero-order chi connectivity index (χ0) is 13.5. The van der Waals surface area contributed by atoms with Gasteiger partial charge >= 0.3 is 0 Å². The predicted octanol–water partition coefficient (Wildman–Crippen LogP) is 2.96. The van der Waals surface area contributed by atoms with Crippen LogP contribution in [0.4, 0.5) is 0 Å². The fraction of sp³-hybridized carbons (Fsp3) is 0.200. The van der Waals surface area contributed by atoms with Crippen LogP contribution in [-0.2, 0) is 6.54 Å². The SMILES string of the molecule is Cc1ccn(Cc2ccccc2)n1.Cc1ccn[nH]1. The van der Waals surface area contributed by atoms with E-state index in [1.807, 2.05) is 55.1 Å². The molecule has 4 heteroatoms. The number of aryl methyl sites for hydroxylation is 2. The summed E-state index contributed by atoms with van der Waals surface area (Å²) in [4.78, 5) is 0. The topological polar surface area (TPSA) is 46.5 Å². The Morgan fingerprint density at radius 2 is 1.84 bits per heavy atom. The van der Waals surface area contributed by atoms with Crippen LogP contribution in [0.1, 0.15) is 17.0 Å². The molecule has 0 amide bonds. The van der Waals surface area contributed by atoms with Crippen LogP contribution in [0, 0.1) is 13.8 Å². The first kappa shape index (κ1) is 13.1. The molecule has 4 nitrogen and oxygen atoms in total. The molecule has 1 N–H and O–H groups in total. The summed E-state index contributed by atoms with van der Waals surface area (Å²) in [5, 5.41) is 10.8. The van der Waals surface area contributed by atoms with E-state index in [1.165, 1.54) is 5.56 Å². The van der Waals surface area contributed by atoms with Crippen molar-refractivity contribution in [2.75, 3.05) is 0 Å². The van der Waals surface area contributed by atoms with Crippen molar-refractivity contribution in [1.29, 1.82) is 0 Å². The number of rotatable bonds is 2. The molecule has 3 aromatic rings. The van der Waals surface area contributed by atoms with Gasteiger partial charge in [-0.25, -0.2) is 0 Å². The lowest BCUT2D eigenvalue weighted by molar-refractivity contribution is 0.679. The molecule has 0 aliphatic heterocycles. The van der Waals surface area contributed by atoms with E-state index in [9.17, 15) is 0 Å². The fourth-order valence-electron chi connectivity index (χ4n) is 1.65. The minimum Gasteiger partial charge on any atom is -0.283 e. The highest BCUT2D eigenvalue weighted by atomic mass is 15.3. The van der Waals surface area contributed by atoms with E-state index in [0.717, 1.165) is 17.9 Å². The van der Waals surface area contributed by atoms with E-state index in [4.69, 9.17) is 0 Å². The van der Waals surface area contributed by atoms with Gasteiger partial charge in [0.25, 0.3) is 0 Å². The number of nitrogens with one attached hydrogen (secondary N) is 1. The molecule has 0 radical (unpaired) electrons. The molecule has 0 spiro atoms. The van der Waals surface area contributed by atoms with Crippen LogP contribution >= 0.6 is 0 Å². The van der Waals surface area contributed by atoms with Gasteiger partial charge in [0, 0.05) is 18.1 Å². The van der Waals surface area contributed by atoms with E-state index in [0.29, 0.717) is 0 Å². The van der Waals surface area contributed by atoms with Gasteiger partial charge in [0.1, 0.15) is 0 Å². The molecule has 0 unspecified atom stereocenters. The van der Waals surface area contributed by atoms with E-state index in [-0.39, 0.29) is 0 Å². The molecule has 0 atom stereocenters. The monoisotopic (exact) mass is 254 g/mol. The first-order valence-electron chi connectivity index (χ1n) is 6.24. The quantitative estimate of drug-likeness (QED) is 0.764. The Morgan fingerprint density at radius 3 is 2.32 bits per heavy atom. The minimum atomic E-state index is 0.856. The molecule has 98 valence electrons. The number of aromatic nitrogens is 4. The van der Waals surface area contributed by atoms with Gasteiger partial charge in [-0.05, 0) is 31.5 Å². The maximum absolute atomic E-state index is 4.32. The molecule has 2 aromatic heterocycles. The first-order valence-corrected chi connectivity index (χ1v) is 6.24. The van der Waals surface area contributed by atoms with Crippen molar-refractivity contribution < 1.29 is 0 Å². The summed E-state index contributed by atoms with van der Waals surface area (Å²) in [6.07, 6.45) is 3.73. The molecule has 0 aliphatic rings. The van der Waals surface area contributed by atoms with Crippen LogP contribution in [0.2, 0.25) is 0 Å². The lowest BCUT2D eigenvalue weighted by Gasteiger charge is -2.00. The third kappa shape index (κ3) is 4.43. The van der Waals surface area contributed by atoms with Crippen LogP contribution in [0.15, 0.2) is 54.9 Å². The fourth-order valence-corrected chi connectivity index (χ4v) is 1.65. The largest absolute Gasteiger partial charge is 0.283 e. The van der Waals surface area contributed by atoms with Gasteiger partial charge in [-0.2, -0.15) is 10.2 Å². The maximum Gasteiger partial charge on any atom is 0.0659 e. The van der Waals surface area contributed by atoms with Gasteiger partial charge in [-0.1, -0.05) is 30.3 Å². The molecular weight excluding hydrogens is 236 g/mol. The Balaban J connectivity index is 0.000000186. The van der Waals surface area contributed by atoms with Crippen molar-refractivity contribution >= 4 is 0 Å². The van der Waals surface area contributed by atoms with E-state index in [2.05, 4.69) is 27.4 Å². The van der Waals surface area contributed by atoms with Crippen LogP contribution in [0.3, 0.4) is 0 Å². The molecular formula is C15H18N4. The Hall–Kier alpha value is -2.36. The average Bonchev–Trinajstić information content (AvgIpc) is 3.03. The number of aromatic amines is 1. The summed E-state index contributed by atoms with van der Waals surface area (Å²) >= 11 is 0. The van der Waals surface area contributed by atoms with E-state index < -0.39 is 0 Å². The van der Waals surface area contributed by atoms with Crippen LogP contribution in [0.25, 0.3) is 0 Å². The summed E-state index contributed by atoms with van der Waals surface area (Å²) < 4.78 is 1.95. The second-order valence-electron chi connectivity index (χ2n) is 4.38. The van der Waals surface area contributed by atoms with Crippen molar-refractivity contribution in [3.8, 4) is 0 Å². The van der Waals surface area contributed by atoms with Gasteiger partial charge < -0.3 is 0 Å². The summed E-state index contributed by atoms with van der Waals surface area (Å²) in [7, 11) is 0. The van der Waals surface area contributed by atoms with Crippen molar-refractivity contribution in [3.63, 3.8) is 0 Å². The highest BCUT2D eigenvalue weighted by Crippen LogP contribution is 2.02. The molecule has 0 fully saturated rings. The molecule has 1 aromatic carbocycles. The second kappa shape index (κ2) is 6.54. The van der Waals surface area contributed by atoms with Crippen molar-refractivity contribution in [2.45, 2.75) is 20.4 Å². The number of hydrogen-bond donors (Lipinski definition) is 1. The lowest BCUT2D eigenvalue weighted by Crippen LogP contribution is -1.99. The third-order valence-electron chi connectivity index (χ3n) is 2.60. The average molecular weight is 254 g/mol. The van der Waals surface area contributed by atoms with Gasteiger partial charge in [0.15, 0.2) is 0 Å². The Bertz CT molecular complexity index is 582. The zero-order valence-corrected chi connectivity index (χ0v) is 11.2. The molecule has 0 bridgehead atoms. The van der Waals surface area contributed by atoms with Crippen LogP contribution in [0.5, 0.6) is 0 Å². The normalized spacial score (nSPS) is 9.79. The minimum absolute atomic E-state index is 0.856. The Morgan fingerprint density at radius 1 is 1.05 bits per heavy atom. The maximum atomic E-state index is 4.32. The van der Waals surface area contributed by atoms with Crippen LogP contribution < -0.4 is 0 Å². The van der Waals surface area contributed by atoms with Crippen molar-refractivity contribution in [1.82, 2.24) is 20.0 Å². The highest BCUT2D eigenvalue weighted by molar-refractivity contribution is 5.15. The predicted molar refractivity (Wildman–Crippen MR) is 75.8 cm³/mol. The summed E-state index contributed by atoms with van der Waals surface area (Å²) in [6.45, 7) is 4.82. The smallest absolute Gasteiger partial charge is 0.0659 e. The molecule has 0 saturated heterocycles. The zero-order valence-electron chi connectivity index (χ0n) is 11.2. The Kier molecular flexibility index (Phi) is 4.50. The summed E-state index contributed by atoms with van der Waals surface area (Å²) in [5.74, 6) is 0. The summed E-state index contributed by atoms with van der Waals surface area (Å²) in [5.41, 5.74) is 3.46. The summed E-state index contributed by atoms with van der Waals surface area (Å²) in [6, 6.07) is 14.3. The highest BCUT2D eigenvalue weighted by Gasteiger charge is 1.94. The standard InChI is InChI=1S/C11H12N2.C4H6N2/c1-10-7-8-13(12-10)9-11-5-3-2-4-6-11;1-4-2-3-5-6-4/h2-8H,9H2,1H3;2-3H,1H3,(H,5,6).